The van der Waals surface area contributed by atoms with Crippen LogP contribution in [0.2, 0.25) is 0 Å². The smallest absolute Gasteiger partial charge is 0.322 e. The van der Waals surface area contributed by atoms with Gasteiger partial charge in [-0.3, -0.25) is 9.59 Å². The Labute approximate surface area is 83.8 Å². The molecule has 2 atom stereocenters. The molecule has 0 rings (SSSR count). The first-order valence-electron chi connectivity index (χ1n) is 4.58. The summed E-state index contributed by atoms with van der Waals surface area (Å²) in [6.07, 6.45) is 1.70. The zero-order valence-corrected chi connectivity index (χ0v) is 8.66. The molecule has 0 heterocycles. The lowest BCUT2D eigenvalue weighted by molar-refractivity contribution is -0.142. The Hall–Kier alpha value is -0.940. The fourth-order valence-electron chi connectivity index (χ4n) is 1.03. The molecule has 0 radical (unpaired) electrons. The average molecular weight is 202 g/mol. The Bertz CT molecular complexity index is 206. The molecule has 0 aliphatic carbocycles. The first-order chi connectivity index (χ1) is 6.49. The normalized spacial score (nSPS) is 14.6. The molecular formula is C9H18N2O3. The van der Waals surface area contributed by atoms with Crippen molar-refractivity contribution in [2.24, 2.45) is 11.5 Å². The van der Waals surface area contributed by atoms with E-state index in [0.717, 1.165) is 0 Å². The van der Waals surface area contributed by atoms with E-state index in [1.807, 2.05) is 0 Å². The highest BCUT2D eigenvalue weighted by Gasteiger charge is 2.14. The average Bonchev–Trinajstić information content (AvgIpc) is 2.15. The van der Waals surface area contributed by atoms with Gasteiger partial charge in [-0.05, 0) is 26.2 Å². The van der Waals surface area contributed by atoms with Crippen LogP contribution < -0.4 is 11.5 Å². The minimum absolute atomic E-state index is 0.0448. The number of carbonyl (C=O) groups is 2. The topological polar surface area (TPSA) is 95.4 Å². The van der Waals surface area contributed by atoms with E-state index >= 15 is 0 Å². The van der Waals surface area contributed by atoms with E-state index in [-0.39, 0.29) is 5.78 Å². The van der Waals surface area contributed by atoms with Crippen molar-refractivity contribution in [3.63, 3.8) is 0 Å². The van der Waals surface area contributed by atoms with Crippen LogP contribution in [0.1, 0.15) is 26.2 Å². The molecule has 0 aromatic rings. The summed E-state index contributed by atoms with van der Waals surface area (Å²) in [4.78, 5) is 21.6. The van der Waals surface area contributed by atoms with Crippen LogP contribution >= 0.6 is 0 Å². The number of ketones is 1. The number of nitrogens with two attached hydrogens (primary N) is 2. The fraction of sp³-hybridized carbons (Fsp3) is 0.778. The highest BCUT2D eigenvalue weighted by Crippen LogP contribution is 2.03. The third-order valence-electron chi connectivity index (χ3n) is 2.06. The zero-order chi connectivity index (χ0) is 11.1. The summed E-state index contributed by atoms with van der Waals surface area (Å²) in [5, 5.41) is 0. The summed E-state index contributed by atoms with van der Waals surface area (Å²) in [5.74, 6) is -0.474. The fourth-order valence-corrected chi connectivity index (χ4v) is 1.03. The third kappa shape index (κ3) is 4.94. The Morgan fingerprint density at radius 1 is 1.21 bits per heavy atom. The Morgan fingerprint density at radius 2 is 1.71 bits per heavy atom. The molecular weight excluding hydrogens is 184 g/mol. The highest BCUT2D eigenvalue weighted by atomic mass is 16.5. The van der Waals surface area contributed by atoms with Crippen LogP contribution in [-0.2, 0) is 14.3 Å². The lowest BCUT2D eigenvalue weighted by Gasteiger charge is -2.10. The highest BCUT2D eigenvalue weighted by molar-refractivity contribution is 5.81. The monoisotopic (exact) mass is 202 g/mol. The molecule has 0 spiro atoms. The van der Waals surface area contributed by atoms with E-state index in [9.17, 15) is 9.59 Å². The van der Waals surface area contributed by atoms with E-state index < -0.39 is 18.1 Å². The van der Waals surface area contributed by atoms with Gasteiger partial charge in [0.05, 0.1) is 13.2 Å². The molecule has 0 aromatic carbocycles. The number of hydrogen-bond donors (Lipinski definition) is 2. The molecule has 0 aliphatic rings. The van der Waals surface area contributed by atoms with E-state index in [2.05, 4.69) is 4.74 Å². The van der Waals surface area contributed by atoms with Crippen molar-refractivity contribution < 1.29 is 14.3 Å². The molecule has 14 heavy (non-hydrogen) atoms. The van der Waals surface area contributed by atoms with Crippen molar-refractivity contribution in [3.8, 4) is 0 Å². The molecule has 0 amide bonds. The van der Waals surface area contributed by atoms with Gasteiger partial charge in [0.1, 0.15) is 11.8 Å². The van der Waals surface area contributed by atoms with Gasteiger partial charge in [0.15, 0.2) is 0 Å². The van der Waals surface area contributed by atoms with Crippen molar-refractivity contribution in [2.75, 3.05) is 7.11 Å². The largest absolute Gasteiger partial charge is 0.468 e. The lowest BCUT2D eigenvalue weighted by atomic mass is 10.0. The lowest BCUT2D eigenvalue weighted by Crippen LogP contribution is -2.33. The second kappa shape index (κ2) is 6.50. The summed E-state index contributed by atoms with van der Waals surface area (Å²) in [6.45, 7) is 1.45. The van der Waals surface area contributed by atoms with Gasteiger partial charge in [0.25, 0.3) is 0 Å². The third-order valence-corrected chi connectivity index (χ3v) is 2.06. The molecule has 5 heteroatoms. The quantitative estimate of drug-likeness (QED) is 0.570. The van der Waals surface area contributed by atoms with Gasteiger partial charge in [-0.1, -0.05) is 0 Å². The van der Waals surface area contributed by atoms with Crippen LogP contribution in [0.15, 0.2) is 0 Å². The summed E-state index contributed by atoms with van der Waals surface area (Å²) in [6, 6.07) is -1.06. The molecule has 5 nitrogen and oxygen atoms in total. The Morgan fingerprint density at radius 3 is 2.14 bits per heavy atom. The van der Waals surface area contributed by atoms with E-state index in [1.165, 1.54) is 14.0 Å². The van der Waals surface area contributed by atoms with Gasteiger partial charge >= 0.3 is 5.97 Å². The van der Waals surface area contributed by atoms with Crippen LogP contribution in [0, 0.1) is 0 Å². The summed E-state index contributed by atoms with van der Waals surface area (Å²) in [7, 11) is 1.30. The maximum Gasteiger partial charge on any atom is 0.322 e. The number of ether oxygens (including phenoxy) is 1. The van der Waals surface area contributed by atoms with Gasteiger partial charge in [-0.25, -0.2) is 0 Å². The van der Waals surface area contributed by atoms with E-state index in [1.54, 1.807) is 0 Å². The molecule has 82 valence electrons. The zero-order valence-electron chi connectivity index (χ0n) is 8.66. The number of esters is 1. The molecule has 0 bridgehead atoms. The standard InChI is InChI=1S/C9H18N2O3/c1-6(12)7(10)4-3-5-8(11)9(13)14-2/h7-8H,3-5,10-11H2,1-2H3/t7?,8-/m0/s1. The Kier molecular flexibility index (Phi) is 6.07. The summed E-state index contributed by atoms with van der Waals surface area (Å²) in [5.41, 5.74) is 11.0. The predicted molar refractivity (Wildman–Crippen MR) is 52.5 cm³/mol. The second-order valence-corrected chi connectivity index (χ2v) is 3.28. The molecule has 0 aromatic heterocycles. The van der Waals surface area contributed by atoms with Crippen molar-refractivity contribution in [2.45, 2.75) is 38.3 Å². The summed E-state index contributed by atoms with van der Waals surface area (Å²) < 4.78 is 4.45. The number of Topliss-reactive ketones (excluding diaryl/α,β-unsaturated/α-hetero) is 1. The van der Waals surface area contributed by atoms with Crippen LogP contribution in [-0.4, -0.2) is 30.9 Å². The Balaban J connectivity index is 3.64. The van der Waals surface area contributed by atoms with Gasteiger partial charge in [0, 0.05) is 0 Å². The van der Waals surface area contributed by atoms with E-state index in [0.29, 0.717) is 19.3 Å². The molecule has 0 saturated carbocycles. The maximum absolute atomic E-state index is 10.9. The van der Waals surface area contributed by atoms with Crippen molar-refractivity contribution in [1.82, 2.24) is 0 Å². The van der Waals surface area contributed by atoms with Crippen molar-refractivity contribution in [3.05, 3.63) is 0 Å². The molecule has 4 N–H and O–H groups in total. The number of rotatable bonds is 6. The molecule has 0 fully saturated rings. The number of carbonyl (C=O) groups excluding carboxylic acids is 2. The van der Waals surface area contributed by atoms with Crippen LogP contribution in [0.5, 0.6) is 0 Å². The van der Waals surface area contributed by atoms with Crippen LogP contribution in [0.4, 0.5) is 0 Å². The maximum atomic E-state index is 10.9. The number of hydrogen-bond acceptors (Lipinski definition) is 5. The molecule has 0 aliphatic heterocycles. The van der Waals surface area contributed by atoms with Crippen LogP contribution in [0.25, 0.3) is 0 Å². The van der Waals surface area contributed by atoms with Gasteiger partial charge < -0.3 is 16.2 Å². The minimum atomic E-state index is -0.612. The van der Waals surface area contributed by atoms with Gasteiger partial charge in [-0.15, -0.1) is 0 Å². The predicted octanol–water partition coefficient (Wildman–Crippen LogP) is -0.427. The van der Waals surface area contributed by atoms with E-state index in [4.69, 9.17) is 11.5 Å². The molecule has 0 saturated heterocycles. The van der Waals surface area contributed by atoms with Gasteiger partial charge in [-0.2, -0.15) is 0 Å². The van der Waals surface area contributed by atoms with Gasteiger partial charge in [0.2, 0.25) is 0 Å². The van der Waals surface area contributed by atoms with Crippen LogP contribution in [0.3, 0.4) is 0 Å². The molecule has 1 unspecified atom stereocenters. The minimum Gasteiger partial charge on any atom is -0.468 e. The summed E-state index contributed by atoms with van der Waals surface area (Å²) >= 11 is 0. The second-order valence-electron chi connectivity index (χ2n) is 3.28. The van der Waals surface area contributed by atoms with Crippen molar-refractivity contribution in [1.29, 1.82) is 0 Å². The first-order valence-corrected chi connectivity index (χ1v) is 4.58. The first kappa shape index (κ1) is 13.1. The SMILES string of the molecule is COC(=O)[C@@H](N)CCCC(N)C(C)=O. The number of methoxy groups -OCH3 is 1. The van der Waals surface area contributed by atoms with Crippen molar-refractivity contribution >= 4 is 11.8 Å².